The van der Waals surface area contributed by atoms with E-state index in [0.29, 0.717) is 0 Å². The minimum atomic E-state index is -0.386. The maximum atomic E-state index is 12.0. The highest BCUT2D eigenvalue weighted by molar-refractivity contribution is 5.86. The zero-order valence-electron chi connectivity index (χ0n) is 9.68. The zero-order valence-corrected chi connectivity index (χ0v) is 9.68. The lowest BCUT2D eigenvalue weighted by Gasteiger charge is -2.28. The summed E-state index contributed by atoms with van der Waals surface area (Å²) in [7, 11) is 0. The fourth-order valence-electron chi connectivity index (χ4n) is 2.06. The molecule has 15 heavy (non-hydrogen) atoms. The average molecular weight is 214 g/mol. The zero-order chi connectivity index (χ0) is 11.3. The third-order valence-corrected chi connectivity index (χ3v) is 3.33. The van der Waals surface area contributed by atoms with Gasteiger partial charge >= 0.3 is 0 Å². The van der Waals surface area contributed by atoms with Crippen molar-refractivity contribution in [1.82, 2.24) is 10.6 Å². The monoisotopic (exact) mass is 214 g/mol. The van der Waals surface area contributed by atoms with Gasteiger partial charge in [0.25, 0.3) is 0 Å². The predicted molar refractivity (Wildman–Crippen MR) is 59.6 cm³/mol. The number of hydrogen-bond acceptors (Lipinski definition) is 3. The van der Waals surface area contributed by atoms with Crippen LogP contribution in [-0.2, 0) is 4.79 Å². The van der Waals surface area contributed by atoms with Crippen molar-refractivity contribution < 1.29 is 9.90 Å². The van der Waals surface area contributed by atoms with Crippen LogP contribution >= 0.6 is 0 Å². The molecule has 1 fully saturated rings. The van der Waals surface area contributed by atoms with E-state index in [1.807, 2.05) is 13.8 Å². The fraction of sp³-hybridized carbons (Fsp3) is 0.909. The van der Waals surface area contributed by atoms with Gasteiger partial charge in [-0.2, -0.15) is 0 Å². The Hall–Kier alpha value is -0.610. The van der Waals surface area contributed by atoms with Crippen molar-refractivity contribution in [2.24, 2.45) is 0 Å². The number of carbonyl (C=O) groups excluding carboxylic acids is 1. The van der Waals surface area contributed by atoms with E-state index in [-0.39, 0.29) is 24.1 Å². The quantitative estimate of drug-likeness (QED) is 0.621. The minimum Gasteiger partial charge on any atom is -0.394 e. The van der Waals surface area contributed by atoms with E-state index in [4.69, 9.17) is 5.11 Å². The summed E-state index contributed by atoms with van der Waals surface area (Å²) in [6.45, 7) is 4.92. The number of hydrogen-bond donors (Lipinski definition) is 3. The van der Waals surface area contributed by atoms with Gasteiger partial charge in [-0.1, -0.05) is 13.8 Å². The van der Waals surface area contributed by atoms with Gasteiger partial charge in [-0.15, -0.1) is 0 Å². The van der Waals surface area contributed by atoms with Crippen molar-refractivity contribution in [2.45, 2.75) is 51.1 Å². The van der Waals surface area contributed by atoms with Crippen molar-refractivity contribution in [3.8, 4) is 0 Å². The SMILES string of the molecule is CC[C@H](CO)NC(=O)C1(CC)CCCN1. The van der Waals surface area contributed by atoms with E-state index in [1.54, 1.807) is 0 Å². The molecule has 1 heterocycles. The summed E-state index contributed by atoms with van der Waals surface area (Å²) in [5, 5.41) is 15.2. The molecule has 1 aliphatic heterocycles. The Balaban J connectivity index is 2.57. The first-order valence-corrected chi connectivity index (χ1v) is 5.85. The van der Waals surface area contributed by atoms with Gasteiger partial charge in [0.1, 0.15) is 0 Å². The van der Waals surface area contributed by atoms with Crippen LogP contribution in [0.3, 0.4) is 0 Å². The Morgan fingerprint density at radius 1 is 1.60 bits per heavy atom. The molecular formula is C11H22N2O2. The Morgan fingerprint density at radius 2 is 2.33 bits per heavy atom. The molecule has 2 atom stereocenters. The number of aliphatic hydroxyl groups excluding tert-OH is 1. The first-order valence-electron chi connectivity index (χ1n) is 5.85. The third kappa shape index (κ3) is 2.69. The summed E-state index contributed by atoms with van der Waals surface area (Å²) in [5.74, 6) is 0.0448. The normalized spacial score (nSPS) is 27.7. The molecule has 1 rings (SSSR count). The van der Waals surface area contributed by atoms with Crippen molar-refractivity contribution in [2.75, 3.05) is 13.2 Å². The molecule has 0 bridgehead atoms. The second kappa shape index (κ2) is 5.47. The van der Waals surface area contributed by atoms with Crippen LogP contribution < -0.4 is 10.6 Å². The summed E-state index contributed by atoms with van der Waals surface area (Å²) in [6, 6.07) is -0.108. The second-order valence-electron chi connectivity index (χ2n) is 4.23. The summed E-state index contributed by atoms with van der Waals surface area (Å²) in [5.41, 5.74) is -0.386. The predicted octanol–water partition coefficient (Wildman–Crippen LogP) is 0.406. The van der Waals surface area contributed by atoms with Crippen LogP contribution in [0.15, 0.2) is 0 Å². The Bertz CT molecular complexity index is 209. The molecule has 0 aliphatic carbocycles. The molecule has 1 saturated heterocycles. The van der Waals surface area contributed by atoms with Gasteiger partial charge < -0.3 is 15.7 Å². The highest BCUT2D eigenvalue weighted by atomic mass is 16.3. The van der Waals surface area contributed by atoms with Crippen LogP contribution in [-0.4, -0.2) is 35.7 Å². The van der Waals surface area contributed by atoms with Crippen molar-refractivity contribution in [1.29, 1.82) is 0 Å². The summed E-state index contributed by atoms with van der Waals surface area (Å²) < 4.78 is 0. The molecule has 0 spiro atoms. The highest BCUT2D eigenvalue weighted by Crippen LogP contribution is 2.23. The lowest BCUT2D eigenvalue weighted by atomic mass is 9.92. The van der Waals surface area contributed by atoms with Gasteiger partial charge in [0.05, 0.1) is 18.2 Å². The number of nitrogens with one attached hydrogen (secondary N) is 2. The molecule has 0 aromatic rings. The topological polar surface area (TPSA) is 61.4 Å². The van der Waals surface area contributed by atoms with Crippen molar-refractivity contribution >= 4 is 5.91 Å². The van der Waals surface area contributed by atoms with Gasteiger partial charge in [0, 0.05) is 0 Å². The molecule has 1 aliphatic rings. The Morgan fingerprint density at radius 3 is 2.73 bits per heavy atom. The molecule has 1 unspecified atom stereocenters. The van der Waals surface area contributed by atoms with Crippen LogP contribution in [0.4, 0.5) is 0 Å². The molecule has 0 aromatic carbocycles. The molecule has 0 aromatic heterocycles. The van der Waals surface area contributed by atoms with Crippen LogP contribution in [0.5, 0.6) is 0 Å². The van der Waals surface area contributed by atoms with E-state index < -0.39 is 0 Å². The summed E-state index contributed by atoms with van der Waals surface area (Å²) in [4.78, 5) is 12.0. The van der Waals surface area contributed by atoms with Gasteiger partial charge in [0.2, 0.25) is 5.91 Å². The molecule has 0 radical (unpaired) electrons. The largest absolute Gasteiger partial charge is 0.394 e. The summed E-state index contributed by atoms with van der Waals surface area (Å²) >= 11 is 0. The number of rotatable bonds is 5. The van der Waals surface area contributed by atoms with Crippen LogP contribution in [0.25, 0.3) is 0 Å². The number of aliphatic hydroxyl groups is 1. The van der Waals surface area contributed by atoms with E-state index in [9.17, 15) is 4.79 Å². The maximum Gasteiger partial charge on any atom is 0.240 e. The lowest BCUT2D eigenvalue weighted by Crippen LogP contribution is -2.55. The van der Waals surface area contributed by atoms with Crippen LogP contribution in [0.2, 0.25) is 0 Å². The van der Waals surface area contributed by atoms with Crippen molar-refractivity contribution in [3.63, 3.8) is 0 Å². The Kier molecular flexibility index (Phi) is 4.54. The average Bonchev–Trinajstić information content (AvgIpc) is 2.75. The first kappa shape index (κ1) is 12.5. The summed E-state index contributed by atoms with van der Waals surface area (Å²) in [6.07, 6.45) is 3.52. The van der Waals surface area contributed by atoms with E-state index in [0.717, 1.165) is 32.2 Å². The maximum absolute atomic E-state index is 12.0. The Labute approximate surface area is 91.4 Å². The van der Waals surface area contributed by atoms with E-state index in [2.05, 4.69) is 10.6 Å². The molecular weight excluding hydrogens is 192 g/mol. The molecule has 1 amide bonds. The van der Waals surface area contributed by atoms with Crippen LogP contribution in [0, 0.1) is 0 Å². The standard InChI is InChI=1S/C11H22N2O2/c1-3-9(8-14)13-10(15)11(4-2)6-5-7-12-11/h9,12,14H,3-8H2,1-2H3,(H,13,15)/t9-,11?/m1/s1. The minimum absolute atomic E-state index is 0.0159. The van der Waals surface area contributed by atoms with E-state index >= 15 is 0 Å². The lowest BCUT2D eigenvalue weighted by molar-refractivity contribution is -0.128. The van der Waals surface area contributed by atoms with Gasteiger partial charge in [-0.3, -0.25) is 4.79 Å². The van der Waals surface area contributed by atoms with Gasteiger partial charge in [-0.05, 0) is 32.2 Å². The smallest absolute Gasteiger partial charge is 0.240 e. The van der Waals surface area contributed by atoms with Crippen LogP contribution in [0.1, 0.15) is 39.5 Å². The third-order valence-electron chi connectivity index (χ3n) is 3.33. The fourth-order valence-corrected chi connectivity index (χ4v) is 2.06. The first-order chi connectivity index (χ1) is 7.18. The number of carbonyl (C=O) groups is 1. The molecule has 4 heteroatoms. The van der Waals surface area contributed by atoms with Gasteiger partial charge in [-0.25, -0.2) is 0 Å². The molecule has 3 N–H and O–H groups in total. The second-order valence-corrected chi connectivity index (χ2v) is 4.23. The molecule has 0 saturated carbocycles. The molecule has 88 valence electrons. The highest BCUT2D eigenvalue weighted by Gasteiger charge is 2.39. The van der Waals surface area contributed by atoms with Gasteiger partial charge in [0.15, 0.2) is 0 Å². The molecule has 4 nitrogen and oxygen atoms in total. The van der Waals surface area contributed by atoms with E-state index in [1.165, 1.54) is 0 Å². The number of amides is 1. The van der Waals surface area contributed by atoms with Crippen molar-refractivity contribution in [3.05, 3.63) is 0 Å².